The third kappa shape index (κ3) is 3.84. The molecule has 1 fully saturated rings. The van der Waals surface area contributed by atoms with Crippen LogP contribution < -0.4 is 21.5 Å². The molecule has 1 aliphatic heterocycles. The van der Waals surface area contributed by atoms with Gasteiger partial charge in [0.1, 0.15) is 17.8 Å². The van der Waals surface area contributed by atoms with Gasteiger partial charge in [-0.25, -0.2) is 14.4 Å². The average molecular weight is 358 g/mol. The molecule has 2 aromatic rings. The fourth-order valence-electron chi connectivity index (χ4n) is 3.21. The van der Waals surface area contributed by atoms with Gasteiger partial charge in [-0.05, 0) is 49.9 Å². The number of halogens is 1. The molecule has 8 heteroatoms. The molecule has 1 atom stereocenters. The van der Waals surface area contributed by atoms with Crippen molar-refractivity contribution in [2.45, 2.75) is 38.6 Å². The van der Waals surface area contributed by atoms with E-state index < -0.39 is 11.7 Å². The van der Waals surface area contributed by atoms with Crippen molar-refractivity contribution in [1.82, 2.24) is 15.4 Å². The number of hydrogen-bond acceptors (Lipinski definition) is 6. The minimum absolute atomic E-state index is 0.328. The van der Waals surface area contributed by atoms with Crippen molar-refractivity contribution in [1.29, 1.82) is 0 Å². The molecule has 26 heavy (non-hydrogen) atoms. The minimum Gasteiger partial charge on any atom is -0.393 e. The van der Waals surface area contributed by atoms with E-state index in [-0.39, 0.29) is 0 Å². The molecule has 1 aromatic carbocycles. The molecule has 0 aliphatic carbocycles. The van der Waals surface area contributed by atoms with Crippen LogP contribution in [0.2, 0.25) is 0 Å². The van der Waals surface area contributed by atoms with Crippen molar-refractivity contribution in [3.8, 4) is 0 Å². The minimum atomic E-state index is -0.408. The van der Waals surface area contributed by atoms with Gasteiger partial charge in [0.25, 0.3) is 5.91 Å². The predicted molar refractivity (Wildman–Crippen MR) is 99.2 cm³/mol. The van der Waals surface area contributed by atoms with Gasteiger partial charge >= 0.3 is 0 Å². The fraction of sp³-hybridized carbons (Fsp3) is 0.389. The van der Waals surface area contributed by atoms with Gasteiger partial charge in [0.2, 0.25) is 0 Å². The Hall–Kier alpha value is -2.90. The molecule has 0 spiro atoms. The number of aromatic nitrogens is 2. The maximum atomic E-state index is 13.0. The summed E-state index contributed by atoms with van der Waals surface area (Å²) in [6.07, 6.45) is 5.87. The Morgan fingerprint density at radius 2 is 2.08 bits per heavy atom. The number of carbonyl (C=O) groups excluding carboxylic acids is 1. The quantitative estimate of drug-likeness (QED) is 0.711. The van der Waals surface area contributed by atoms with E-state index >= 15 is 0 Å². The number of nitrogens with zero attached hydrogens (tertiary/aromatic N) is 3. The van der Waals surface area contributed by atoms with Crippen molar-refractivity contribution in [2.75, 3.05) is 22.6 Å². The lowest BCUT2D eigenvalue weighted by atomic mass is 10.00. The summed E-state index contributed by atoms with van der Waals surface area (Å²) in [4.78, 5) is 22.8. The Labute approximate surface area is 151 Å². The van der Waals surface area contributed by atoms with Gasteiger partial charge < -0.3 is 10.6 Å². The number of benzene rings is 1. The molecule has 4 N–H and O–H groups in total. The van der Waals surface area contributed by atoms with Gasteiger partial charge in [-0.3, -0.25) is 15.6 Å². The van der Waals surface area contributed by atoms with Gasteiger partial charge in [-0.1, -0.05) is 6.92 Å². The Morgan fingerprint density at radius 3 is 2.81 bits per heavy atom. The molecule has 0 saturated carbocycles. The zero-order valence-electron chi connectivity index (χ0n) is 14.7. The number of hydrogen-bond donors (Lipinski definition) is 3. The number of hydrazine groups is 1. The van der Waals surface area contributed by atoms with Crippen molar-refractivity contribution in [2.24, 2.45) is 0 Å². The molecule has 1 aromatic heterocycles. The number of anilines is 3. The summed E-state index contributed by atoms with van der Waals surface area (Å²) >= 11 is 0. The molecule has 1 unspecified atom stereocenters. The number of amides is 1. The van der Waals surface area contributed by atoms with Crippen LogP contribution >= 0.6 is 0 Å². The Morgan fingerprint density at radius 1 is 1.31 bits per heavy atom. The van der Waals surface area contributed by atoms with Crippen molar-refractivity contribution in [3.05, 3.63) is 42.0 Å². The SMILES string of the molecule is CCC1CCCCN1c1ncnc(NNC(=O)c2ccc(F)cc2)c1N. The lowest BCUT2D eigenvalue weighted by Crippen LogP contribution is -2.40. The largest absolute Gasteiger partial charge is 0.393 e. The smallest absolute Gasteiger partial charge is 0.269 e. The van der Waals surface area contributed by atoms with Crippen molar-refractivity contribution in [3.63, 3.8) is 0 Å². The van der Waals surface area contributed by atoms with Gasteiger partial charge in [0, 0.05) is 18.2 Å². The number of nitrogens with two attached hydrogens (primary N) is 1. The van der Waals surface area contributed by atoms with Crippen molar-refractivity contribution < 1.29 is 9.18 Å². The number of piperidine rings is 1. The summed E-state index contributed by atoms with van der Waals surface area (Å²) in [5.74, 6) is 0.219. The van der Waals surface area contributed by atoms with Gasteiger partial charge in [-0.2, -0.15) is 0 Å². The van der Waals surface area contributed by atoms with Gasteiger partial charge in [0.15, 0.2) is 11.6 Å². The summed E-state index contributed by atoms with van der Waals surface area (Å²) in [6, 6.07) is 5.67. The van der Waals surface area contributed by atoms with E-state index in [1.807, 2.05) is 0 Å². The van der Waals surface area contributed by atoms with E-state index in [2.05, 4.69) is 32.6 Å². The highest BCUT2D eigenvalue weighted by Crippen LogP contribution is 2.31. The predicted octanol–water partition coefficient (Wildman–Crippen LogP) is 2.72. The summed E-state index contributed by atoms with van der Waals surface area (Å²) in [7, 11) is 0. The average Bonchev–Trinajstić information content (AvgIpc) is 2.67. The van der Waals surface area contributed by atoms with Gasteiger partial charge in [-0.15, -0.1) is 0 Å². The molecular formula is C18H23FN6O. The van der Waals surface area contributed by atoms with E-state index in [1.165, 1.54) is 37.0 Å². The molecule has 0 radical (unpaired) electrons. The molecular weight excluding hydrogens is 335 g/mol. The highest BCUT2D eigenvalue weighted by atomic mass is 19.1. The number of nitrogens with one attached hydrogen (secondary N) is 2. The van der Waals surface area contributed by atoms with Crippen LogP contribution in [-0.4, -0.2) is 28.5 Å². The third-order valence-corrected chi connectivity index (χ3v) is 4.63. The first-order valence-electron chi connectivity index (χ1n) is 8.79. The molecule has 3 rings (SSSR count). The Bertz CT molecular complexity index is 767. The second-order valence-electron chi connectivity index (χ2n) is 6.30. The number of rotatable bonds is 5. The lowest BCUT2D eigenvalue weighted by Gasteiger charge is -2.36. The second kappa shape index (κ2) is 7.99. The van der Waals surface area contributed by atoms with Crippen LogP contribution in [0.25, 0.3) is 0 Å². The maximum Gasteiger partial charge on any atom is 0.269 e. The molecule has 1 saturated heterocycles. The number of nitrogen functional groups attached to an aromatic ring is 1. The van der Waals surface area contributed by atoms with Crippen LogP contribution in [0, 0.1) is 5.82 Å². The summed E-state index contributed by atoms with van der Waals surface area (Å²) in [5, 5.41) is 0. The fourth-order valence-corrected chi connectivity index (χ4v) is 3.21. The van der Waals surface area contributed by atoms with Crippen LogP contribution in [0.5, 0.6) is 0 Å². The topological polar surface area (TPSA) is 96.2 Å². The number of carbonyl (C=O) groups is 1. The maximum absolute atomic E-state index is 13.0. The van der Waals surface area contributed by atoms with Crippen LogP contribution in [-0.2, 0) is 0 Å². The zero-order chi connectivity index (χ0) is 18.5. The highest BCUT2D eigenvalue weighted by molar-refractivity contribution is 5.95. The molecule has 7 nitrogen and oxygen atoms in total. The lowest BCUT2D eigenvalue weighted by molar-refractivity contribution is 0.0962. The molecule has 0 bridgehead atoms. The van der Waals surface area contributed by atoms with Crippen LogP contribution in [0.3, 0.4) is 0 Å². The second-order valence-corrected chi connectivity index (χ2v) is 6.30. The first-order chi connectivity index (χ1) is 12.6. The molecule has 1 amide bonds. The van der Waals surface area contributed by atoms with E-state index in [4.69, 9.17) is 5.73 Å². The first kappa shape index (κ1) is 17.9. The zero-order valence-corrected chi connectivity index (χ0v) is 14.7. The highest BCUT2D eigenvalue weighted by Gasteiger charge is 2.25. The molecule has 138 valence electrons. The summed E-state index contributed by atoms with van der Waals surface area (Å²) in [6.45, 7) is 3.06. The third-order valence-electron chi connectivity index (χ3n) is 4.63. The Kier molecular flexibility index (Phi) is 5.50. The van der Waals surface area contributed by atoms with Crippen LogP contribution in [0.1, 0.15) is 43.0 Å². The molecule has 1 aliphatic rings. The van der Waals surface area contributed by atoms with Crippen molar-refractivity contribution >= 4 is 23.2 Å². The monoisotopic (exact) mass is 358 g/mol. The Balaban J connectivity index is 1.72. The van der Waals surface area contributed by atoms with E-state index in [1.54, 1.807) is 0 Å². The summed E-state index contributed by atoms with van der Waals surface area (Å²) in [5.41, 5.74) is 12.2. The van der Waals surface area contributed by atoms with E-state index in [0.29, 0.717) is 28.9 Å². The molecule has 2 heterocycles. The summed E-state index contributed by atoms with van der Waals surface area (Å²) < 4.78 is 13.0. The van der Waals surface area contributed by atoms with Gasteiger partial charge in [0.05, 0.1) is 0 Å². The van der Waals surface area contributed by atoms with E-state index in [9.17, 15) is 9.18 Å². The van der Waals surface area contributed by atoms with E-state index in [0.717, 1.165) is 25.8 Å². The van der Waals surface area contributed by atoms with Crippen LogP contribution in [0.15, 0.2) is 30.6 Å². The standard InChI is InChI=1S/C18H23FN6O/c1-2-14-5-3-4-10-25(14)17-15(20)16(21-11-22-17)23-24-18(26)12-6-8-13(19)9-7-12/h6-9,11,14H,2-5,10,20H2,1H3,(H,24,26)(H,21,22,23). The first-order valence-corrected chi connectivity index (χ1v) is 8.79. The van der Waals surface area contributed by atoms with Crippen LogP contribution in [0.4, 0.5) is 21.7 Å². The normalized spacial score (nSPS) is 17.0.